The summed E-state index contributed by atoms with van der Waals surface area (Å²) in [5.74, 6) is 1.69. The lowest BCUT2D eigenvalue weighted by Crippen LogP contribution is -2.00. The Morgan fingerprint density at radius 3 is 1.54 bits per heavy atom. The second kappa shape index (κ2) is 14.4. The first-order chi connectivity index (χ1) is 28.2. The number of nitrogens with zero attached hydrogens (tertiary/aromatic N) is 4. The smallest absolute Gasteiger partial charge is 0.164 e. The van der Waals surface area contributed by atoms with Gasteiger partial charge in [-0.05, 0) is 75.3 Å². The van der Waals surface area contributed by atoms with Crippen LogP contribution < -0.4 is 0 Å². The van der Waals surface area contributed by atoms with Crippen molar-refractivity contribution in [1.29, 1.82) is 5.26 Å². The number of fused-ring (bicyclic) bond motifs is 3. The molecule has 0 radical (unpaired) electrons. The molecule has 0 N–H and O–H groups in total. The Morgan fingerprint density at radius 2 is 0.842 bits per heavy atom. The number of hydrogen-bond acceptors (Lipinski definition) is 5. The van der Waals surface area contributed by atoms with E-state index in [9.17, 15) is 5.26 Å². The summed E-state index contributed by atoms with van der Waals surface area (Å²) in [6, 6.07) is 68.1. The maximum atomic E-state index is 9.89. The van der Waals surface area contributed by atoms with Gasteiger partial charge in [-0.1, -0.05) is 158 Å². The summed E-state index contributed by atoms with van der Waals surface area (Å²) in [7, 11) is 0. The van der Waals surface area contributed by atoms with Crippen molar-refractivity contribution < 1.29 is 4.42 Å². The van der Waals surface area contributed by atoms with Crippen LogP contribution in [-0.2, 0) is 0 Å². The van der Waals surface area contributed by atoms with Gasteiger partial charge in [0.2, 0.25) is 0 Å². The minimum Gasteiger partial charge on any atom is -0.456 e. The molecule has 0 unspecified atom stereocenters. The number of nitriles is 1. The van der Waals surface area contributed by atoms with Crippen LogP contribution in [0.15, 0.2) is 199 Å². The molecule has 10 rings (SSSR count). The van der Waals surface area contributed by atoms with Crippen molar-refractivity contribution in [3.05, 3.63) is 200 Å². The van der Waals surface area contributed by atoms with Gasteiger partial charge >= 0.3 is 0 Å². The molecular formula is C52H32N4O. The van der Waals surface area contributed by atoms with Crippen LogP contribution in [0, 0.1) is 11.3 Å². The Bertz CT molecular complexity index is 3110. The van der Waals surface area contributed by atoms with Gasteiger partial charge in [-0.25, -0.2) is 15.0 Å². The van der Waals surface area contributed by atoms with Gasteiger partial charge in [0.25, 0.3) is 0 Å². The predicted molar refractivity (Wildman–Crippen MR) is 230 cm³/mol. The van der Waals surface area contributed by atoms with Crippen molar-refractivity contribution in [1.82, 2.24) is 15.0 Å². The quantitative estimate of drug-likeness (QED) is 0.163. The number of hydrogen-bond donors (Lipinski definition) is 0. The first-order valence-corrected chi connectivity index (χ1v) is 18.8. The van der Waals surface area contributed by atoms with Crippen molar-refractivity contribution in [2.45, 2.75) is 0 Å². The molecule has 0 aliphatic carbocycles. The zero-order chi connectivity index (χ0) is 38.1. The molecule has 10 aromatic rings. The molecule has 0 aliphatic heterocycles. The summed E-state index contributed by atoms with van der Waals surface area (Å²) in [5.41, 5.74) is 13.3. The van der Waals surface area contributed by atoms with E-state index in [1.54, 1.807) is 0 Å². The van der Waals surface area contributed by atoms with Crippen LogP contribution in [0.3, 0.4) is 0 Å². The highest BCUT2D eigenvalue weighted by molar-refractivity contribution is 6.13. The van der Waals surface area contributed by atoms with Gasteiger partial charge in [0.05, 0.1) is 11.6 Å². The van der Waals surface area contributed by atoms with Crippen LogP contribution in [0.2, 0.25) is 0 Å². The lowest BCUT2D eigenvalue weighted by atomic mass is 9.94. The Morgan fingerprint density at radius 1 is 0.351 bits per heavy atom. The first-order valence-electron chi connectivity index (χ1n) is 18.8. The summed E-state index contributed by atoms with van der Waals surface area (Å²) in [6.07, 6.45) is 0. The maximum Gasteiger partial charge on any atom is 0.164 e. The summed E-state index contributed by atoms with van der Waals surface area (Å²) in [5, 5.41) is 12.0. The third-order valence-corrected chi connectivity index (χ3v) is 10.4. The molecule has 2 aromatic heterocycles. The summed E-state index contributed by atoms with van der Waals surface area (Å²) in [6.45, 7) is 0. The lowest BCUT2D eigenvalue weighted by molar-refractivity contribution is 0.669. The number of rotatable bonds is 7. The molecule has 5 heteroatoms. The molecule has 5 nitrogen and oxygen atoms in total. The first kappa shape index (κ1) is 33.6. The number of aromatic nitrogens is 3. The zero-order valence-electron chi connectivity index (χ0n) is 30.7. The molecule has 266 valence electrons. The van der Waals surface area contributed by atoms with E-state index >= 15 is 0 Å². The number of furan rings is 1. The van der Waals surface area contributed by atoms with Crippen LogP contribution in [0.5, 0.6) is 0 Å². The van der Waals surface area contributed by atoms with E-state index in [1.165, 1.54) is 11.1 Å². The van der Waals surface area contributed by atoms with Crippen LogP contribution in [0.25, 0.3) is 101 Å². The van der Waals surface area contributed by atoms with E-state index in [-0.39, 0.29) is 0 Å². The third-order valence-electron chi connectivity index (χ3n) is 10.4. The maximum absolute atomic E-state index is 9.89. The van der Waals surface area contributed by atoms with Crippen LogP contribution in [0.4, 0.5) is 0 Å². The van der Waals surface area contributed by atoms with Crippen LogP contribution >= 0.6 is 0 Å². The van der Waals surface area contributed by atoms with Gasteiger partial charge in [0.15, 0.2) is 17.5 Å². The van der Waals surface area contributed by atoms with Crippen molar-refractivity contribution in [3.63, 3.8) is 0 Å². The topological polar surface area (TPSA) is 75.6 Å². The minimum absolute atomic E-state index is 0.549. The minimum atomic E-state index is 0.549. The molecule has 0 bridgehead atoms. The molecule has 0 saturated carbocycles. The monoisotopic (exact) mass is 728 g/mol. The van der Waals surface area contributed by atoms with Gasteiger partial charge in [-0.2, -0.15) is 5.26 Å². The van der Waals surface area contributed by atoms with Crippen LogP contribution in [-0.4, -0.2) is 15.0 Å². The van der Waals surface area contributed by atoms with Crippen LogP contribution in [0.1, 0.15) is 5.56 Å². The highest BCUT2D eigenvalue weighted by atomic mass is 16.3. The van der Waals surface area contributed by atoms with Gasteiger partial charge in [0, 0.05) is 33.0 Å². The Hall–Kier alpha value is -7.94. The highest BCUT2D eigenvalue weighted by Gasteiger charge is 2.17. The Kier molecular flexibility index (Phi) is 8.48. The molecule has 0 spiro atoms. The molecular weight excluding hydrogens is 697 g/mol. The Labute approximate surface area is 329 Å². The van der Waals surface area contributed by atoms with E-state index in [4.69, 9.17) is 19.4 Å². The normalized spacial score (nSPS) is 11.1. The molecule has 0 aliphatic rings. The average Bonchev–Trinajstić information content (AvgIpc) is 3.68. The van der Waals surface area contributed by atoms with E-state index < -0.39 is 0 Å². The van der Waals surface area contributed by atoms with E-state index in [0.29, 0.717) is 23.0 Å². The van der Waals surface area contributed by atoms with E-state index in [2.05, 4.69) is 91.0 Å². The Balaban J connectivity index is 1.06. The fraction of sp³-hybridized carbons (Fsp3) is 0. The SMILES string of the molecule is N#Cc1ccc(-c2cccc(-c3nc(-c4ccccc4)nc(-c4ccc5c(c4)oc4cccc(-c6ccc(-c7ccccc7)cc6)c45)n3)c2)cc1-c1ccccc1. The van der Waals surface area contributed by atoms with Gasteiger partial charge in [0.1, 0.15) is 11.2 Å². The molecule has 8 aromatic carbocycles. The number of benzene rings is 8. The molecule has 2 heterocycles. The van der Waals surface area contributed by atoms with Gasteiger partial charge < -0.3 is 4.42 Å². The fourth-order valence-corrected chi connectivity index (χ4v) is 7.54. The molecule has 0 saturated heterocycles. The van der Waals surface area contributed by atoms with Crippen molar-refractivity contribution >= 4 is 21.9 Å². The summed E-state index contributed by atoms with van der Waals surface area (Å²) >= 11 is 0. The second-order valence-corrected chi connectivity index (χ2v) is 13.9. The van der Waals surface area contributed by atoms with Crippen molar-refractivity contribution in [2.24, 2.45) is 0 Å². The van der Waals surface area contributed by atoms with E-state index in [0.717, 1.165) is 72.0 Å². The van der Waals surface area contributed by atoms with Gasteiger partial charge in [-0.15, -0.1) is 0 Å². The highest BCUT2D eigenvalue weighted by Crippen LogP contribution is 2.39. The average molecular weight is 729 g/mol. The summed E-state index contributed by atoms with van der Waals surface area (Å²) in [4.78, 5) is 15.1. The standard InChI is InChI=1S/C52H32N4O/c53-33-43-27-26-40(31-46(43)36-14-6-2-7-15-36)39-18-10-19-41(30-39)51-54-50(38-16-8-3-9-17-38)55-52(56-51)42-28-29-45-48(32-42)57-47-21-11-20-44(49(45)47)37-24-22-35(23-25-37)34-12-4-1-5-13-34/h1-32H. The lowest BCUT2D eigenvalue weighted by Gasteiger charge is -2.11. The van der Waals surface area contributed by atoms with Gasteiger partial charge in [-0.3, -0.25) is 0 Å². The molecule has 57 heavy (non-hydrogen) atoms. The molecule has 0 atom stereocenters. The second-order valence-electron chi connectivity index (χ2n) is 13.9. The fourth-order valence-electron chi connectivity index (χ4n) is 7.54. The molecule has 0 amide bonds. The van der Waals surface area contributed by atoms with Crippen molar-refractivity contribution in [2.75, 3.05) is 0 Å². The molecule has 0 fully saturated rings. The van der Waals surface area contributed by atoms with E-state index in [1.807, 2.05) is 109 Å². The summed E-state index contributed by atoms with van der Waals surface area (Å²) < 4.78 is 6.53. The predicted octanol–water partition coefficient (Wildman–Crippen LogP) is 13.3. The van der Waals surface area contributed by atoms with Crippen molar-refractivity contribution in [3.8, 4) is 84.7 Å². The largest absolute Gasteiger partial charge is 0.456 e. The zero-order valence-corrected chi connectivity index (χ0v) is 30.7. The third kappa shape index (κ3) is 6.42.